The van der Waals surface area contributed by atoms with E-state index in [1.165, 1.54) is 11.3 Å². The molecule has 26 heavy (non-hydrogen) atoms. The monoisotopic (exact) mass is 370 g/mol. The molecule has 1 aliphatic rings. The molecule has 1 fully saturated rings. The summed E-state index contributed by atoms with van der Waals surface area (Å²) in [5.41, 5.74) is 6.13. The summed E-state index contributed by atoms with van der Waals surface area (Å²) in [6, 6.07) is 9.48. The van der Waals surface area contributed by atoms with Gasteiger partial charge in [0.2, 0.25) is 0 Å². The van der Waals surface area contributed by atoms with E-state index in [1.54, 1.807) is 9.95 Å². The van der Waals surface area contributed by atoms with Gasteiger partial charge in [-0.25, -0.2) is 19.4 Å². The van der Waals surface area contributed by atoms with Crippen molar-refractivity contribution in [3.8, 4) is 5.69 Å². The van der Waals surface area contributed by atoms with E-state index in [4.69, 9.17) is 5.73 Å². The molecule has 0 spiro atoms. The summed E-state index contributed by atoms with van der Waals surface area (Å²) in [5.74, 6) is 0.285. The third kappa shape index (κ3) is 3.01. The van der Waals surface area contributed by atoms with E-state index < -0.39 is 5.91 Å². The SMILES string of the molecule is NC(=O)c1csc(N2CCC[C@H](c3n[nH]c(=O)n3-c3ccccc3)C2)n1. The second-order valence-electron chi connectivity index (χ2n) is 6.22. The zero-order valence-electron chi connectivity index (χ0n) is 14.0. The number of aromatic amines is 1. The molecule has 0 aliphatic carbocycles. The van der Waals surface area contributed by atoms with Crippen molar-refractivity contribution in [1.29, 1.82) is 0 Å². The normalized spacial score (nSPS) is 17.4. The maximum atomic E-state index is 12.3. The number of rotatable bonds is 4. The first-order valence-corrected chi connectivity index (χ1v) is 9.24. The lowest BCUT2D eigenvalue weighted by Crippen LogP contribution is -2.35. The number of hydrogen-bond acceptors (Lipinski definition) is 6. The van der Waals surface area contributed by atoms with Crippen molar-refractivity contribution in [2.75, 3.05) is 18.0 Å². The number of aromatic nitrogens is 4. The van der Waals surface area contributed by atoms with Crippen LogP contribution in [0.1, 0.15) is 35.1 Å². The molecule has 3 N–H and O–H groups in total. The highest BCUT2D eigenvalue weighted by Crippen LogP contribution is 2.31. The Balaban J connectivity index is 1.63. The Kier molecular flexibility index (Phi) is 4.29. The molecular formula is C17H18N6O2S. The van der Waals surface area contributed by atoms with E-state index in [2.05, 4.69) is 20.1 Å². The fourth-order valence-electron chi connectivity index (χ4n) is 3.29. The zero-order chi connectivity index (χ0) is 18.1. The van der Waals surface area contributed by atoms with Crippen LogP contribution in [0.25, 0.3) is 5.69 Å². The lowest BCUT2D eigenvalue weighted by molar-refractivity contribution is 0.0996. The number of para-hydroxylation sites is 1. The maximum Gasteiger partial charge on any atom is 0.347 e. The predicted molar refractivity (Wildman–Crippen MR) is 99.0 cm³/mol. The number of H-pyrrole nitrogens is 1. The first kappa shape index (κ1) is 16.5. The summed E-state index contributed by atoms with van der Waals surface area (Å²) in [5, 5.41) is 9.30. The smallest absolute Gasteiger partial charge is 0.347 e. The van der Waals surface area contributed by atoms with Gasteiger partial charge in [0.1, 0.15) is 11.5 Å². The predicted octanol–water partition coefficient (Wildman–Crippen LogP) is 1.50. The molecule has 3 heterocycles. The molecule has 0 saturated carbocycles. The van der Waals surface area contributed by atoms with E-state index in [1.807, 2.05) is 30.3 Å². The highest BCUT2D eigenvalue weighted by Gasteiger charge is 2.28. The summed E-state index contributed by atoms with van der Waals surface area (Å²) in [4.78, 5) is 30.0. The Morgan fingerprint density at radius 3 is 2.85 bits per heavy atom. The van der Waals surface area contributed by atoms with Crippen molar-refractivity contribution in [1.82, 2.24) is 19.7 Å². The highest BCUT2D eigenvalue weighted by molar-refractivity contribution is 7.13. The van der Waals surface area contributed by atoms with E-state index in [0.717, 1.165) is 36.0 Å². The van der Waals surface area contributed by atoms with Gasteiger partial charge in [-0.15, -0.1) is 11.3 Å². The zero-order valence-corrected chi connectivity index (χ0v) is 14.8. The van der Waals surface area contributed by atoms with Gasteiger partial charge in [0.15, 0.2) is 5.13 Å². The van der Waals surface area contributed by atoms with E-state index in [0.29, 0.717) is 6.54 Å². The number of benzene rings is 1. The van der Waals surface area contributed by atoms with Gasteiger partial charge in [-0.2, -0.15) is 5.10 Å². The van der Waals surface area contributed by atoms with Crippen molar-refractivity contribution >= 4 is 22.4 Å². The average molecular weight is 370 g/mol. The number of nitrogens with zero attached hydrogens (tertiary/aromatic N) is 4. The fraction of sp³-hybridized carbons (Fsp3) is 0.294. The van der Waals surface area contributed by atoms with Crippen molar-refractivity contribution in [2.45, 2.75) is 18.8 Å². The maximum absolute atomic E-state index is 12.3. The lowest BCUT2D eigenvalue weighted by Gasteiger charge is -2.32. The summed E-state index contributed by atoms with van der Waals surface area (Å²) in [7, 11) is 0. The van der Waals surface area contributed by atoms with Crippen LogP contribution in [0, 0.1) is 0 Å². The summed E-state index contributed by atoms with van der Waals surface area (Å²) in [6.45, 7) is 1.53. The van der Waals surface area contributed by atoms with Crippen LogP contribution in [-0.2, 0) is 0 Å². The number of carbonyl (C=O) groups is 1. The van der Waals surface area contributed by atoms with Crippen molar-refractivity contribution in [3.05, 3.63) is 57.7 Å². The molecule has 0 radical (unpaired) electrons. The molecule has 1 saturated heterocycles. The quantitative estimate of drug-likeness (QED) is 0.723. The number of piperidine rings is 1. The average Bonchev–Trinajstić information content (AvgIpc) is 3.30. The molecule has 4 rings (SSSR count). The van der Waals surface area contributed by atoms with Gasteiger partial charge >= 0.3 is 5.69 Å². The Labute approximate surface area is 153 Å². The fourth-order valence-corrected chi connectivity index (χ4v) is 4.15. The third-order valence-electron chi connectivity index (χ3n) is 4.51. The Morgan fingerprint density at radius 2 is 2.12 bits per heavy atom. The Hall–Kier alpha value is -2.94. The number of carbonyl (C=O) groups excluding carboxylic acids is 1. The number of amides is 1. The van der Waals surface area contributed by atoms with E-state index in [-0.39, 0.29) is 17.3 Å². The van der Waals surface area contributed by atoms with Crippen molar-refractivity contribution in [2.24, 2.45) is 5.73 Å². The van der Waals surface area contributed by atoms with Crippen LogP contribution in [0.5, 0.6) is 0 Å². The van der Waals surface area contributed by atoms with Crippen LogP contribution in [0.4, 0.5) is 5.13 Å². The van der Waals surface area contributed by atoms with Crippen molar-refractivity contribution < 1.29 is 4.79 Å². The largest absolute Gasteiger partial charge is 0.364 e. The second kappa shape index (κ2) is 6.75. The molecule has 1 aliphatic heterocycles. The first-order chi connectivity index (χ1) is 12.6. The van der Waals surface area contributed by atoms with E-state index >= 15 is 0 Å². The molecule has 1 atom stereocenters. The molecule has 3 aromatic rings. The van der Waals surface area contributed by atoms with Gasteiger partial charge in [0.05, 0.1) is 5.69 Å². The van der Waals surface area contributed by atoms with Crippen LogP contribution in [0.3, 0.4) is 0 Å². The third-order valence-corrected chi connectivity index (χ3v) is 5.42. The highest BCUT2D eigenvalue weighted by atomic mass is 32.1. The first-order valence-electron chi connectivity index (χ1n) is 8.36. The van der Waals surface area contributed by atoms with Gasteiger partial charge in [-0.1, -0.05) is 18.2 Å². The molecule has 2 aromatic heterocycles. The number of nitrogens with two attached hydrogens (primary N) is 1. The number of thiazole rings is 1. The summed E-state index contributed by atoms with van der Waals surface area (Å²) in [6.07, 6.45) is 1.88. The molecule has 0 bridgehead atoms. The second-order valence-corrected chi connectivity index (χ2v) is 7.06. The van der Waals surface area contributed by atoms with Crippen LogP contribution in [-0.4, -0.2) is 38.7 Å². The van der Waals surface area contributed by atoms with Crippen LogP contribution < -0.4 is 16.3 Å². The van der Waals surface area contributed by atoms with E-state index in [9.17, 15) is 9.59 Å². The summed E-state index contributed by atoms with van der Waals surface area (Å²) < 4.78 is 1.63. The summed E-state index contributed by atoms with van der Waals surface area (Å²) >= 11 is 1.40. The number of hydrogen-bond donors (Lipinski definition) is 2. The van der Waals surface area contributed by atoms with Crippen LogP contribution >= 0.6 is 11.3 Å². The molecule has 8 nitrogen and oxygen atoms in total. The standard InChI is InChI=1S/C17H18N6O2S/c18-14(24)13-10-26-17(19-13)22-8-4-5-11(9-22)15-20-21-16(25)23(15)12-6-2-1-3-7-12/h1-3,6-7,10-11H,4-5,8-9H2,(H2,18,24)(H,21,25)/t11-/m0/s1. The minimum Gasteiger partial charge on any atom is -0.364 e. The number of anilines is 1. The minimum absolute atomic E-state index is 0.0869. The minimum atomic E-state index is -0.522. The molecule has 1 amide bonds. The van der Waals surface area contributed by atoms with Gasteiger partial charge in [-0.3, -0.25) is 4.79 Å². The van der Waals surface area contributed by atoms with Gasteiger partial charge in [0.25, 0.3) is 5.91 Å². The number of primary amides is 1. The molecule has 9 heteroatoms. The Bertz CT molecular complexity index is 977. The molecular weight excluding hydrogens is 352 g/mol. The van der Waals surface area contributed by atoms with Gasteiger partial charge in [-0.05, 0) is 25.0 Å². The van der Waals surface area contributed by atoms with Crippen molar-refractivity contribution in [3.63, 3.8) is 0 Å². The molecule has 134 valence electrons. The Morgan fingerprint density at radius 1 is 1.31 bits per heavy atom. The lowest BCUT2D eigenvalue weighted by atomic mass is 9.97. The van der Waals surface area contributed by atoms with Gasteiger partial charge in [0, 0.05) is 24.4 Å². The van der Waals surface area contributed by atoms with Crippen LogP contribution in [0.2, 0.25) is 0 Å². The molecule has 0 unspecified atom stereocenters. The van der Waals surface area contributed by atoms with Gasteiger partial charge < -0.3 is 10.6 Å². The topological polar surface area (TPSA) is 110 Å². The number of nitrogens with one attached hydrogen (secondary N) is 1. The molecule has 1 aromatic carbocycles. The van der Waals surface area contributed by atoms with Crippen LogP contribution in [0.15, 0.2) is 40.5 Å².